The fourth-order valence-electron chi connectivity index (χ4n) is 1.36. The summed E-state index contributed by atoms with van der Waals surface area (Å²) in [6, 6.07) is 8.45. The van der Waals surface area contributed by atoms with Gasteiger partial charge in [-0.15, -0.1) is 0 Å². The van der Waals surface area contributed by atoms with Crippen LogP contribution in [0.25, 0.3) is 11.1 Å². The summed E-state index contributed by atoms with van der Waals surface area (Å²) in [5, 5.41) is 0.773. The van der Waals surface area contributed by atoms with Crippen molar-refractivity contribution in [1.29, 1.82) is 0 Å². The molecule has 15 heavy (non-hydrogen) atoms. The highest BCUT2D eigenvalue weighted by Crippen LogP contribution is 2.20. The van der Waals surface area contributed by atoms with E-state index in [0.29, 0.717) is 0 Å². The molecule has 1 aromatic heterocycles. The summed E-state index contributed by atoms with van der Waals surface area (Å²) in [7, 11) is 0. The van der Waals surface area contributed by atoms with Crippen molar-refractivity contribution in [2.45, 2.75) is 5.33 Å². The maximum Gasteiger partial charge on any atom is 0.123 e. The molecule has 3 heteroatoms. The van der Waals surface area contributed by atoms with E-state index in [4.69, 9.17) is 0 Å². The molecule has 1 nitrogen and oxygen atoms in total. The molecule has 0 aliphatic rings. The van der Waals surface area contributed by atoms with Crippen LogP contribution in [-0.2, 0) is 5.33 Å². The lowest BCUT2D eigenvalue weighted by atomic mass is 10.1. The van der Waals surface area contributed by atoms with Gasteiger partial charge in [0.25, 0.3) is 0 Å². The smallest absolute Gasteiger partial charge is 0.123 e. The maximum atomic E-state index is 12.7. The van der Waals surface area contributed by atoms with Gasteiger partial charge in [0, 0.05) is 23.3 Å². The van der Waals surface area contributed by atoms with Crippen molar-refractivity contribution >= 4 is 15.9 Å². The van der Waals surface area contributed by atoms with Crippen LogP contribution in [0.4, 0.5) is 4.39 Å². The number of hydrogen-bond donors (Lipinski definition) is 0. The Hall–Kier alpha value is -1.22. The summed E-state index contributed by atoms with van der Waals surface area (Å²) in [6.45, 7) is 0. The summed E-state index contributed by atoms with van der Waals surface area (Å²) >= 11 is 3.38. The Kier molecular flexibility index (Phi) is 3.11. The molecule has 0 aliphatic carbocycles. The molecule has 0 saturated carbocycles. The second-order valence-corrected chi connectivity index (χ2v) is 3.78. The monoisotopic (exact) mass is 265 g/mol. The van der Waals surface area contributed by atoms with Crippen LogP contribution in [0.15, 0.2) is 42.7 Å². The molecule has 2 aromatic rings. The lowest BCUT2D eigenvalue weighted by Crippen LogP contribution is -1.84. The number of hydrogen-bond acceptors (Lipinski definition) is 1. The standard InChI is InChI=1S/C12H9BrFN/c13-6-9-5-11(8-15-7-9)10-1-3-12(14)4-2-10/h1-5,7-8H,6H2. The van der Waals surface area contributed by atoms with Gasteiger partial charge in [-0.05, 0) is 29.3 Å². The van der Waals surface area contributed by atoms with Gasteiger partial charge < -0.3 is 0 Å². The molecule has 0 N–H and O–H groups in total. The fourth-order valence-corrected chi connectivity index (χ4v) is 1.67. The normalized spacial score (nSPS) is 10.3. The third kappa shape index (κ3) is 2.42. The summed E-state index contributed by atoms with van der Waals surface area (Å²) < 4.78 is 12.7. The number of aromatic nitrogens is 1. The zero-order chi connectivity index (χ0) is 10.7. The number of rotatable bonds is 2. The molecule has 0 bridgehead atoms. The van der Waals surface area contributed by atoms with Gasteiger partial charge in [0.1, 0.15) is 5.82 Å². The number of nitrogens with zero attached hydrogens (tertiary/aromatic N) is 1. The Labute approximate surface area is 96.1 Å². The van der Waals surface area contributed by atoms with Crippen LogP contribution in [0.2, 0.25) is 0 Å². The molecule has 0 amide bonds. The first-order valence-electron chi connectivity index (χ1n) is 4.55. The third-order valence-corrected chi connectivity index (χ3v) is 2.77. The lowest BCUT2D eigenvalue weighted by Gasteiger charge is -2.02. The zero-order valence-corrected chi connectivity index (χ0v) is 9.54. The van der Waals surface area contributed by atoms with Gasteiger partial charge in [-0.2, -0.15) is 0 Å². The van der Waals surface area contributed by atoms with Crippen molar-refractivity contribution in [2.75, 3.05) is 0 Å². The Bertz CT molecular complexity index is 453. The van der Waals surface area contributed by atoms with Crippen molar-refractivity contribution in [3.8, 4) is 11.1 Å². The van der Waals surface area contributed by atoms with E-state index in [1.54, 1.807) is 18.3 Å². The van der Waals surface area contributed by atoms with Crippen molar-refractivity contribution in [3.05, 3.63) is 54.1 Å². The fraction of sp³-hybridized carbons (Fsp3) is 0.0833. The summed E-state index contributed by atoms with van der Waals surface area (Å²) in [5.41, 5.74) is 3.09. The van der Waals surface area contributed by atoms with Crippen LogP contribution in [0, 0.1) is 5.82 Å². The van der Waals surface area contributed by atoms with Gasteiger partial charge in [0.2, 0.25) is 0 Å². The summed E-state index contributed by atoms with van der Waals surface area (Å²) in [6.07, 6.45) is 3.58. The van der Waals surface area contributed by atoms with E-state index in [0.717, 1.165) is 22.0 Å². The topological polar surface area (TPSA) is 12.9 Å². The SMILES string of the molecule is Fc1ccc(-c2cncc(CBr)c2)cc1. The molecule has 1 aromatic carbocycles. The average Bonchev–Trinajstić information content (AvgIpc) is 2.30. The molecule has 0 atom stereocenters. The quantitative estimate of drug-likeness (QED) is 0.754. The number of alkyl halides is 1. The van der Waals surface area contributed by atoms with Crippen molar-refractivity contribution in [3.63, 3.8) is 0 Å². The maximum absolute atomic E-state index is 12.7. The second kappa shape index (κ2) is 4.53. The van der Waals surface area contributed by atoms with Crippen LogP contribution in [0.5, 0.6) is 0 Å². The van der Waals surface area contributed by atoms with Crippen LogP contribution >= 0.6 is 15.9 Å². The molecule has 76 valence electrons. The first-order valence-corrected chi connectivity index (χ1v) is 5.67. The highest BCUT2D eigenvalue weighted by atomic mass is 79.9. The van der Waals surface area contributed by atoms with Gasteiger partial charge in [0.15, 0.2) is 0 Å². The van der Waals surface area contributed by atoms with Crippen LogP contribution in [0.1, 0.15) is 5.56 Å². The van der Waals surface area contributed by atoms with Gasteiger partial charge in [-0.3, -0.25) is 4.98 Å². The van der Waals surface area contributed by atoms with E-state index < -0.39 is 0 Å². The first-order chi connectivity index (χ1) is 7.29. The largest absolute Gasteiger partial charge is 0.264 e. The molecule has 0 unspecified atom stereocenters. The van der Waals surface area contributed by atoms with Crippen LogP contribution in [0.3, 0.4) is 0 Å². The third-order valence-electron chi connectivity index (χ3n) is 2.13. The highest BCUT2D eigenvalue weighted by Gasteiger charge is 1.99. The minimum absolute atomic E-state index is 0.219. The van der Waals surface area contributed by atoms with Gasteiger partial charge in [-0.1, -0.05) is 28.1 Å². The van der Waals surface area contributed by atoms with E-state index in [9.17, 15) is 4.39 Å². The zero-order valence-electron chi connectivity index (χ0n) is 7.95. The summed E-state index contributed by atoms with van der Waals surface area (Å²) in [4.78, 5) is 4.13. The van der Waals surface area contributed by atoms with Crippen molar-refractivity contribution < 1.29 is 4.39 Å². The van der Waals surface area contributed by atoms with Crippen LogP contribution < -0.4 is 0 Å². The van der Waals surface area contributed by atoms with Gasteiger partial charge in [-0.25, -0.2) is 4.39 Å². The Morgan fingerprint density at radius 1 is 1.07 bits per heavy atom. The first kappa shape index (κ1) is 10.3. The predicted octanol–water partition coefficient (Wildman–Crippen LogP) is 3.78. The van der Waals surface area contributed by atoms with E-state index >= 15 is 0 Å². The molecule has 0 fully saturated rings. The molecule has 0 spiro atoms. The van der Waals surface area contributed by atoms with E-state index in [1.807, 2.05) is 12.3 Å². The Balaban J connectivity index is 2.40. The molecule has 0 saturated heterocycles. The molecule has 1 heterocycles. The molecular weight excluding hydrogens is 257 g/mol. The average molecular weight is 266 g/mol. The predicted molar refractivity (Wildman–Crippen MR) is 62.3 cm³/mol. The lowest BCUT2D eigenvalue weighted by molar-refractivity contribution is 0.628. The summed E-state index contributed by atoms with van der Waals surface area (Å²) in [5.74, 6) is -0.219. The number of halogens is 2. The van der Waals surface area contributed by atoms with E-state index in [2.05, 4.69) is 20.9 Å². The number of pyridine rings is 1. The minimum Gasteiger partial charge on any atom is -0.264 e. The molecule has 2 rings (SSSR count). The molecule has 0 aliphatic heterocycles. The van der Waals surface area contributed by atoms with Gasteiger partial charge >= 0.3 is 0 Å². The Morgan fingerprint density at radius 3 is 2.47 bits per heavy atom. The van der Waals surface area contributed by atoms with Gasteiger partial charge in [0.05, 0.1) is 0 Å². The van der Waals surface area contributed by atoms with E-state index in [-0.39, 0.29) is 5.82 Å². The van der Waals surface area contributed by atoms with Crippen molar-refractivity contribution in [2.24, 2.45) is 0 Å². The Morgan fingerprint density at radius 2 is 1.80 bits per heavy atom. The van der Waals surface area contributed by atoms with Crippen molar-refractivity contribution in [1.82, 2.24) is 4.98 Å². The minimum atomic E-state index is -0.219. The number of benzene rings is 1. The van der Waals surface area contributed by atoms with Crippen LogP contribution in [-0.4, -0.2) is 4.98 Å². The highest BCUT2D eigenvalue weighted by molar-refractivity contribution is 9.08. The second-order valence-electron chi connectivity index (χ2n) is 3.22. The molecule has 0 radical (unpaired) electrons. The molecular formula is C12H9BrFN. The van der Waals surface area contributed by atoms with E-state index in [1.165, 1.54) is 12.1 Å².